The van der Waals surface area contributed by atoms with Gasteiger partial charge in [0.2, 0.25) is 0 Å². The molecule has 0 amide bonds. The second kappa shape index (κ2) is 78.8. The summed E-state index contributed by atoms with van der Waals surface area (Å²) in [4.78, 5) is 73.1. The molecule has 0 aliphatic heterocycles. The van der Waals surface area contributed by atoms with Gasteiger partial charge in [0.1, 0.15) is 19.3 Å². The standard InChI is InChI=1S/C89H140O17P2/c1-5-9-13-17-21-25-29-33-37-39-41-43-47-49-53-57-61-65-69-73-86(91)99-79-84(105-88(93)75-71-67-63-59-55-51-45-35-31-27-23-19-15-11-7-3)81-103-107(95,96)101-77-83(90)78-102-108(97,98)104-82-85(106-89(94)76-72-68-64-60-56-52-46-36-32-28-24-20-16-12-8-4)80-100-87(92)74-70-66-62-58-54-50-48-44-42-40-38-34-30-26-22-18-14-10-6-2/h9-16,21-28,33-38,41-46,49-50,53-55,59,83-85,90H,5-8,17-20,29-32,39-40,47-48,51-52,56-58,60-82H2,1-4H3,(H,95,96)(H,97,98)/b13-9-,14-10-,15-11-,16-12-,25-21-,26-22-,27-23-,28-24-,37-33-,38-34-,43-41-,44-42-,45-35-,46-36-,53-49-,54-50-,59-55-. The minimum atomic E-state index is -5.01. The van der Waals surface area contributed by atoms with Crippen molar-refractivity contribution in [3.05, 3.63) is 207 Å². The van der Waals surface area contributed by atoms with Crippen LogP contribution >= 0.6 is 15.6 Å². The first-order valence-corrected chi connectivity index (χ1v) is 43.3. The molecule has 5 atom stereocenters. The molecule has 0 aromatic carbocycles. The van der Waals surface area contributed by atoms with E-state index in [9.17, 15) is 43.2 Å². The number of hydrogen-bond acceptors (Lipinski definition) is 15. The Balaban J connectivity index is 5.50. The second-order valence-electron chi connectivity index (χ2n) is 25.8. The summed E-state index contributed by atoms with van der Waals surface area (Å²) in [5.74, 6) is -2.34. The number of phosphoric ester groups is 2. The van der Waals surface area contributed by atoms with E-state index >= 15 is 0 Å². The Morgan fingerprint density at radius 2 is 0.454 bits per heavy atom. The van der Waals surface area contributed by atoms with Crippen molar-refractivity contribution in [3.63, 3.8) is 0 Å². The number of hydrogen-bond donors (Lipinski definition) is 3. The SMILES string of the molecule is CC/C=C\C/C=C\C/C=C\C/C=C\C/C=C\CCCCCC(=O)OCC(COP(=O)(O)OCC(O)COP(=O)(O)OCC(COC(=O)CCCCC/C=C\C/C=C\C/C=C\C/C=C\C/C=C\CC)OC(=O)CCCCCCC/C=C\C/C=C\C/C=C\CC)OC(=O)CCCC/C=C\C/C=C\C/C=C\C/C=C\CC. The smallest absolute Gasteiger partial charge is 0.462 e. The average molecular weight is 1540 g/mol. The number of phosphoric acid groups is 2. The molecule has 0 bridgehead atoms. The summed E-state index contributed by atoms with van der Waals surface area (Å²) in [6.45, 7) is 4.24. The molecule has 0 saturated heterocycles. The highest BCUT2D eigenvalue weighted by Gasteiger charge is 2.30. The molecule has 0 heterocycles. The van der Waals surface area contributed by atoms with Crippen molar-refractivity contribution in [3.8, 4) is 0 Å². The fourth-order valence-electron chi connectivity index (χ4n) is 9.75. The summed E-state index contributed by atoms with van der Waals surface area (Å²) in [6.07, 6.45) is 98.1. The summed E-state index contributed by atoms with van der Waals surface area (Å²) in [5, 5.41) is 10.7. The van der Waals surface area contributed by atoms with Gasteiger partial charge in [-0.2, -0.15) is 0 Å². The number of aliphatic hydroxyl groups is 1. The topological polar surface area (TPSA) is 237 Å². The number of aliphatic hydroxyl groups excluding tert-OH is 1. The van der Waals surface area contributed by atoms with Crippen molar-refractivity contribution in [2.24, 2.45) is 0 Å². The minimum absolute atomic E-state index is 0.0252. The van der Waals surface area contributed by atoms with E-state index in [1.807, 2.05) is 0 Å². The van der Waals surface area contributed by atoms with Crippen LogP contribution in [0.1, 0.15) is 272 Å². The van der Waals surface area contributed by atoms with Crippen LogP contribution in [0.25, 0.3) is 0 Å². The quantitative estimate of drug-likeness (QED) is 0.0169. The molecule has 19 heteroatoms. The van der Waals surface area contributed by atoms with Gasteiger partial charge in [0.15, 0.2) is 12.2 Å². The van der Waals surface area contributed by atoms with Gasteiger partial charge in [-0.15, -0.1) is 0 Å². The van der Waals surface area contributed by atoms with E-state index in [-0.39, 0.29) is 25.7 Å². The molecule has 0 spiro atoms. The summed E-state index contributed by atoms with van der Waals surface area (Å²) < 4.78 is 68.6. The van der Waals surface area contributed by atoms with Crippen molar-refractivity contribution in [2.75, 3.05) is 39.6 Å². The number of esters is 4. The van der Waals surface area contributed by atoms with Crippen LogP contribution in [0.4, 0.5) is 0 Å². The Morgan fingerprint density at radius 1 is 0.259 bits per heavy atom. The predicted molar refractivity (Wildman–Crippen MR) is 445 cm³/mol. The van der Waals surface area contributed by atoms with Gasteiger partial charge in [-0.25, -0.2) is 9.13 Å². The van der Waals surface area contributed by atoms with Gasteiger partial charge in [-0.05, 0) is 186 Å². The highest BCUT2D eigenvalue weighted by molar-refractivity contribution is 7.47. The maximum Gasteiger partial charge on any atom is 0.472 e. The molecule has 5 unspecified atom stereocenters. The molecule has 0 aliphatic rings. The molecular weight excluding hydrogens is 1400 g/mol. The largest absolute Gasteiger partial charge is 0.472 e. The average Bonchev–Trinajstić information content (AvgIpc) is 0.923. The number of rotatable bonds is 73. The van der Waals surface area contributed by atoms with Gasteiger partial charge in [-0.3, -0.25) is 37.3 Å². The first kappa shape index (κ1) is 102. The second-order valence-corrected chi connectivity index (χ2v) is 28.7. The van der Waals surface area contributed by atoms with E-state index in [0.717, 1.165) is 186 Å². The van der Waals surface area contributed by atoms with Gasteiger partial charge in [0.05, 0.1) is 26.4 Å². The van der Waals surface area contributed by atoms with Crippen molar-refractivity contribution >= 4 is 39.5 Å². The molecule has 0 aromatic rings. The highest BCUT2D eigenvalue weighted by Crippen LogP contribution is 2.45. The van der Waals surface area contributed by atoms with Crippen molar-refractivity contribution in [1.29, 1.82) is 0 Å². The molecule has 0 radical (unpaired) electrons. The van der Waals surface area contributed by atoms with E-state index in [1.165, 1.54) is 0 Å². The van der Waals surface area contributed by atoms with E-state index in [2.05, 4.69) is 234 Å². The Kier molecular flexibility index (Phi) is 74.1. The fourth-order valence-corrected chi connectivity index (χ4v) is 11.3. The first-order chi connectivity index (χ1) is 52.7. The Labute approximate surface area is 652 Å². The molecule has 3 N–H and O–H groups in total. The van der Waals surface area contributed by atoms with Gasteiger partial charge in [-0.1, -0.05) is 266 Å². The van der Waals surface area contributed by atoms with Crippen molar-refractivity contribution in [1.82, 2.24) is 0 Å². The molecule has 0 saturated carbocycles. The molecule has 0 fully saturated rings. The monoisotopic (exact) mass is 1540 g/mol. The van der Waals surface area contributed by atoms with Crippen LogP contribution in [-0.4, -0.2) is 96.7 Å². The van der Waals surface area contributed by atoms with E-state index in [0.29, 0.717) is 32.1 Å². The van der Waals surface area contributed by atoms with Crippen LogP contribution in [0.2, 0.25) is 0 Å². The molecular formula is C89H140O17P2. The van der Waals surface area contributed by atoms with E-state index < -0.39 is 97.5 Å². The lowest BCUT2D eigenvalue weighted by atomic mass is 10.1. The maximum absolute atomic E-state index is 13.1. The molecule has 0 aliphatic carbocycles. The third-order valence-electron chi connectivity index (χ3n) is 15.7. The molecule has 0 aromatic heterocycles. The molecule has 108 heavy (non-hydrogen) atoms. The van der Waals surface area contributed by atoms with Crippen LogP contribution in [0, 0.1) is 0 Å². The Morgan fingerprint density at radius 3 is 0.722 bits per heavy atom. The van der Waals surface area contributed by atoms with Gasteiger partial charge >= 0.3 is 39.5 Å². The summed E-state index contributed by atoms with van der Waals surface area (Å²) >= 11 is 0. The zero-order valence-electron chi connectivity index (χ0n) is 66.4. The lowest BCUT2D eigenvalue weighted by molar-refractivity contribution is -0.161. The van der Waals surface area contributed by atoms with E-state index in [1.54, 1.807) is 0 Å². The van der Waals surface area contributed by atoms with Crippen LogP contribution in [0.15, 0.2) is 207 Å². The van der Waals surface area contributed by atoms with Gasteiger partial charge in [0, 0.05) is 25.7 Å². The van der Waals surface area contributed by atoms with Gasteiger partial charge in [0.25, 0.3) is 0 Å². The number of ether oxygens (including phenoxy) is 4. The van der Waals surface area contributed by atoms with E-state index in [4.69, 9.17) is 37.0 Å². The zero-order chi connectivity index (χ0) is 78.9. The number of carbonyl (C=O) groups is 4. The van der Waals surface area contributed by atoms with Crippen molar-refractivity contribution in [2.45, 2.75) is 290 Å². The predicted octanol–water partition coefficient (Wildman–Crippen LogP) is 23.9. The highest BCUT2D eigenvalue weighted by atomic mass is 31.2. The summed E-state index contributed by atoms with van der Waals surface area (Å²) in [7, 11) is -10.0. The third kappa shape index (κ3) is 77.8. The van der Waals surface area contributed by atoms with Crippen LogP contribution in [0.5, 0.6) is 0 Å². The van der Waals surface area contributed by atoms with Crippen LogP contribution in [0.3, 0.4) is 0 Å². The maximum atomic E-state index is 13.1. The molecule has 17 nitrogen and oxygen atoms in total. The lowest BCUT2D eigenvalue weighted by Gasteiger charge is -2.21. The first-order valence-electron chi connectivity index (χ1n) is 40.3. The number of unbranched alkanes of at least 4 members (excludes halogenated alkanes) is 13. The number of allylic oxidation sites excluding steroid dienone is 34. The minimum Gasteiger partial charge on any atom is -0.462 e. The van der Waals surface area contributed by atoms with Gasteiger partial charge < -0.3 is 33.8 Å². The Bertz CT molecular complexity index is 2860. The van der Waals surface area contributed by atoms with Crippen LogP contribution in [-0.2, 0) is 65.4 Å². The lowest BCUT2D eigenvalue weighted by Crippen LogP contribution is -2.30. The summed E-state index contributed by atoms with van der Waals surface area (Å²) in [6, 6.07) is 0. The number of carbonyl (C=O) groups excluding carboxylic acids is 4. The van der Waals surface area contributed by atoms with Crippen LogP contribution < -0.4 is 0 Å². The van der Waals surface area contributed by atoms with Crippen molar-refractivity contribution < 1.29 is 80.2 Å². The third-order valence-corrected chi connectivity index (χ3v) is 17.6. The normalized spacial score (nSPS) is 14.9. The zero-order valence-corrected chi connectivity index (χ0v) is 68.2. The fraction of sp³-hybridized carbons (Fsp3) is 0.573. The summed E-state index contributed by atoms with van der Waals surface area (Å²) in [5.41, 5.74) is 0. The molecule has 608 valence electrons. The Hall–Kier alpha value is -6.36. The molecule has 0 rings (SSSR count).